The van der Waals surface area contributed by atoms with Gasteiger partial charge in [-0.2, -0.15) is 0 Å². The van der Waals surface area contributed by atoms with E-state index in [4.69, 9.17) is 33.3 Å². The lowest BCUT2D eigenvalue weighted by atomic mass is 10.0. The van der Waals surface area contributed by atoms with Crippen LogP contribution in [-0.4, -0.2) is 60.5 Å². The van der Waals surface area contributed by atoms with Gasteiger partial charge in [0.2, 0.25) is 5.95 Å². The largest absolute Gasteiger partial charge is 0.383 e. The van der Waals surface area contributed by atoms with Crippen LogP contribution < -0.4 is 16.2 Å². The molecule has 1 aliphatic rings. The van der Waals surface area contributed by atoms with Crippen LogP contribution >= 0.6 is 23.2 Å². The standard InChI is InChI=1S/C20H26Cl2N6O2/c1-30-9-8-28-6-4-14(5-7-28)25-18-17(11-23)26-20(27-19(18)29)24-12-13-2-3-15(21)16(22)10-13/h2-3,10-11,14,23,25H,4-9,12H2,1H3,(H2,24,26,27,29). The smallest absolute Gasteiger partial charge is 0.276 e. The molecule has 0 unspecified atom stereocenters. The number of aromatic amines is 1. The Morgan fingerprint density at radius 2 is 2.10 bits per heavy atom. The molecule has 0 spiro atoms. The number of nitrogens with zero attached hydrogens (tertiary/aromatic N) is 2. The van der Waals surface area contributed by atoms with E-state index in [-0.39, 0.29) is 11.6 Å². The number of ether oxygens (including phenoxy) is 1. The van der Waals surface area contributed by atoms with Crippen LogP contribution in [0.5, 0.6) is 0 Å². The van der Waals surface area contributed by atoms with E-state index in [1.54, 1.807) is 19.2 Å². The fourth-order valence-corrected chi connectivity index (χ4v) is 3.70. The zero-order chi connectivity index (χ0) is 21.5. The number of hydrogen-bond acceptors (Lipinski definition) is 7. The van der Waals surface area contributed by atoms with Gasteiger partial charge in [0.25, 0.3) is 5.56 Å². The van der Waals surface area contributed by atoms with Crippen molar-refractivity contribution in [3.63, 3.8) is 0 Å². The normalized spacial score (nSPS) is 15.2. The highest BCUT2D eigenvalue weighted by atomic mass is 35.5. The number of rotatable bonds is 9. The first kappa shape index (κ1) is 22.6. The minimum atomic E-state index is -0.304. The van der Waals surface area contributed by atoms with Gasteiger partial charge in [0, 0.05) is 45.5 Å². The molecule has 1 aromatic carbocycles. The second-order valence-electron chi connectivity index (χ2n) is 7.17. The Labute approximate surface area is 185 Å². The minimum Gasteiger partial charge on any atom is -0.383 e. The van der Waals surface area contributed by atoms with Crippen molar-refractivity contribution in [2.24, 2.45) is 0 Å². The Hall–Kier alpha value is -2.13. The van der Waals surface area contributed by atoms with Crippen LogP contribution in [0.15, 0.2) is 23.0 Å². The molecule has 8 nitrogen and oxygen atoms in total. The number of methoxy groups -OCH3 is 1. The van der Waals surface area contributed by atoms with Crippen LogP contribution in [0.25, 0.3) is 0 Å². The molecule has 30 heavy (non-hydrogen) atoms. The molecule has 0 saturated carbocycles. The van der Waals surface area contributed by atoms with E-state index < -0.39 is 0 Å². The van der Waals surface area contributed by atoms with Crippen LogP contribution in [0.3, 0.4) is 0 Å². The SMILES string of the molecule is COCCN1CCC(Nc2c(C=N)nc(NCc3ccc(Cl)c(Cl)c3)[nH]c2=O)CC1. The van der Waals surface area contributed by atoms with Crippen LogP contribution in [0, 0.1) is 5.41 Å². The zero-order valence-electron chi connectivity index (χ0n) is 16.8. The first-order valence-electron chi connectivity index (χ1n) is 9.80. The lowest BCUT2D eigenvalue weighted by Crippen LogP contribution is -2.41. The molecule has 0 amide bonds. The highest BCUT2D eigenvalue weighted by molar-refractivity contribution is 6.42. The fraction of sp³-hybridized carbons (Fsp3) is 0.450. The maximum absolute atomic E-state index is 12.6. The monoisotopic (exact) mass is 452 g/mol. The van der Waals surface area contributed by atoms with Crippen molar-refractivity contribution < 1.29 is 4.74 Å². The first-order valence-corrected chi connectivity index (χ1v) is 10.6. The molecule has 0 radical (unpaired) electrons. The Kier molecular flexibility index (Phi) is 8.09. The van der Waals surface area contributed by atoms with Gasteiger partial charge >= 0.3 is 0 Å². The molecule has 4 N–H and O–H groups in total. The Balaban J connectivity index is 1.63. The summed E-state index contributed by atoms with van der Waals surface area (Å²) < 4.78 is 5.13. The highest BCUT2D eigenvalue weighted by Crippen LogP contribution is 2.23. The summed E-state index contributed by atoms with van der Waals surface area (Å²) in [6.45, 7) is 3.92. The molecule has 0 aliphatic carbocycles. The average molecular weight is 453 g/mol. The van der Waals surface area contributed by atoms with Gasteiger partial charge in [-0.3, -0.25) is 9.78 Å². The summed E-state index contributed by atoms with van der Waals surface area (Å²) in [6.07, 6.45) is 2.92. The maximum atomic E-state index is 12.6. The molecule has 1 aromatic heterocycles. The second kappa shape index (κ2) is 10.8. The Morgan fingerprint density at radius 3 is 2.77 bits per heavy atom. The summed E-state index contributed by atoms with van der Waals surface area (Å²) in [6, 6.07) is 5.47. The number of hydrogen-bond donors (Lipinski definition) is 4. The predicted molar refractivity (Wildman–Crippen MR) is 121 cm³/mol. The average Bonchev–Trinajstić information content (AvgIpc) is 2.75. The van der Waals surface area contributed by atoms with Gasteiger partial charge in [-0.05, 0) is 30.5 Å². The molecular formula is C20H26Cl2N6O2. The number of piperidine rings is 1. The number of likely N-dealkylation sites (tertiary alicyclic amines) is 1. The first-order chi connectivity index (χ1) is 14.5. The van der Waals surface area contributed by atoms with E-state index in [2.05, 4.69) is 25.5 Å². The van der Waals surface area contributed by atoms with E-state index in [9.17, 15) is 4.79 Å². The molecule has 3 rings (SSSR count). The summed E-state index contributed by atoms with van der Waals surface area (Å²) in [5.74, 6) is 0.296. The minimum absolute atomic E-state index is 0.167. The van der Waals surface area contributed by atoms with E-state index in [1.807, 2.05) is 6.07 Å². The number of anilines is 2. The van der Waals surface area contributed by atoms with Crippen molar-refractivity contribution >= 4 is 41.1 Å². The Morgan fingerprint density at radius 1 is 1.33 bits per heavy atom. The third-order valence-electron chi connectivity index (χ3n) is 5.08. The van der Waals surface area contributed by atoms with Gasteiger partial charge in [-0.25, -0.2) is 4.98 Å². The molecule has 0 bridgehead atoms. The summed E-state index contributed by atoms with van der Waals surface area (Å²) in [7, 11) is 1.70. The van der Waals surface area contributed by atoms with Gasteiger partial charge < -0.3 is 25.7 Å². The van der Waals surface area contributed by atoms with Crippen molar-refractivity contribution in [3.05, 3.63) is 49.9 Å². The van der Waals surface area contributed by atoms with Crippen molar-refractivity contribution in [2.75, 3.05) is 44.0 Å². The van der Waals surface area contributed by atoms with Crippen molar-refractivity contribution in [1.29, 1.82) is 5.41 Å². The number of H-pyrrole nitrogens is 1. The van der Waals surface area contributed by atoms with Crippen LogP contribution in [0.1, 0.15) is 24.1 Å². The summed E-state index contributed by atoms with van der Waals surface area (Å²) in [5, 5.41) is 15.0. The molecule has 2 heterocycles. The van der Waals surface area contributed by atoms with Gasteiger partial charge in [0.15, 0.2) is 0 Å². The summed E-state index contributed by atoms with van der Waals surface area (Å²) >= 11 is 12.0. The summed E-state index contributed by atoms with van der Waals surface area (Å²) in [4.78, 5) is 22.1. The summed E-state index contributed by atoms with van der Waals surface area (Å²) in [5.41, 5.74) is 1.23. The lowest BCUT2D eigenvalue weighted by Gasteiger charge is -2.32. The Bertz CT molecular complexity index is 928. The van der Waals surface area contributed by atoms with E-state index in [1.165, 1.54) is 0 Å². The van der Waals surface area contributed by atoms with Crippen LogP contribution in [-0.2, 0) is 11.3 Å². The number of aromatic nitrogens is 2. The van der Waals surface area contributed by atoms with Gasteiger partial charge in [0.05, 0.1) is 16.7 Å². The quantitative estimate of drug-likeness (QED) is 0.435. The van der Waals surface area contributed by atoms with E-state index >= 15 is 0 Å². The van der Waals surface area contributed by atoms with Crippen molar-refractivity contribution in [3.8, 4) is 0 Å². The van der Waals surface area contributed by atoms with Crippen molar-refractivity contribution in [1.82, 2.24) is 14.9 Å². The van der Waals surface area contributed by atoms with Crippen molar-refractivity contribution in [2.45, 2.75) is 25.4 Å². The molecule has 0 atom stereocenters. The molecule has 1 saturated heterocycles. The molecule has 2 aromatic rings. The third kappa shape index (κ3) is 5.95. The van der Waals surface area contributed by atoms with Gasteiger partial charge in [-0.1, -0.05) is 29.3 Å². The third-order valence-corrected chi connectivity index (χ3v) is 5.81. The molecule has 1 aliphatic heterocycles. The topological polar surface area (TPSA) is 106 Å². The maximum Gasteiger partial charge on any atom is 0.276 e. The second-order valence-corrected chi connectivity index (χ2v) is 7.99. The predicted octanol–water partition coefficient (Wildman–Crippen LogP) is 3.21. The molecule has 10 heteroatoms. The molecule has 1 fully saturated rings. The van der Waals surface area contributed by atoms with Gasteiger partial charge in [-0.15, -0.1) is 0 Å². The lowest BCUT2D eigenvalue weighted by molar-refractivity contribution is 0.132. The van der Waals surface area contributed by atoms with E-state index in [0.29, 0.717) is 33.9 Å². The fourth-order valence-electron chi connectivity index (χ4n) is 3.38. The molecular weight excluding hydrogens is 427 g/mol. The van der Waals surface area contributed by atoms with Gasteiger partial charge in [0.1, 0.15) is 11.4 Å². The number of benzene rings is 1. The number of halogens is 2. The highest BCUT2D eigenvalue weighted by Gasteiger charge is 2.21. The zero-order valence-corrected chi connectivity index (χ0v) is 18.3. The molecule has 162 valence electrons. The van der Waals surface area contributed by atoms with Crippen LogP contribution in [0.2, 0.25) is 10.0 Å². The van der Waals surface area contributed by atoms with Crippen LogP contribution in [0.4, 0.5) is 11.6 Å². The van der Waals surface area contributed by atoms with E-state index in [0.717, 1.165) is 50.9 Å². The number of nitrogens with one attached hydrogen (secondary N) is 4.